The zero-order valence-corrected chi connectivity index (χ0v) is 11.9. The van der Waals surface area contributed by atoms with Crippen LogP contribution in [0.2, 0.25) is 0 Å². The maximum atomic E-state index is 8.92. The number of pyridine rings is 1. The zero-order valence-electron chi connectivity index (χ0n) is 11.9. The highest BCUT2D eigenvalue weighted by molar-refractivity contribution is 5.44. The molecule has 0 bridgehead atoms. The van der Waals surface area contributed by atoms with E-state index < -0.39 is 0 Å². The molecule has 0 spiro atoms. The summed E-state index contributed by atoms with van der Waals surface area (Å²) < 4.78 is 0. The molecule has 0 aliphatic carbocycles. The second kappa shape index (κ2) is 5.75. The number of hydrogen-bond donors (Lipinski definition) is 0. The number of rotatable bonds is 2. The van der Waals surface area contributed by atoms with Crippen molar-refractivity contribution in [3.05, 3.63) is 41.9 Å². The van der Waals surface area contributed by atoms with Gasteiger partial charge < -0.3 is 9.80 Å². The van der Waals surface area contributed by atoms with Crippen LogP contribution in [0.25, 0.3) is 0 Å². The van der Waals surface area contributed by atoms with Crippen LogP contribution in [0.3, 0.4) is 0 Å². The first-order chi connectivity index (χ1) is 10.3. The van der Waals surface area contributed by atoms with Gasteiger partial charge in [0.25, 0.3) is 0 Å². The van der Waals surface area contributed by atoms with E-state index in [-0.39, 0.29) is 0 Å². The highest BCUT2D eigenvalue weighted by Crippen LogP contribution is 2.16. The Morgan fingerprint density at radius 3 is 2.52 bits per heavy atom. The fourth-order valence-corrected chi connectivity index (χ4v) is 2.39. The summed E-state index contributed by atoms with van der Waals surface area (Å²) in [6.45, 7) is 5.36. The quantitative estimate of drug-likeness (QED) is 0.827. The first kappa shape index (κ1) is 13.3. The molecule has 0 radical (unpaired) electrons. The van der Waals surface area contributed by atoms with Crippen molar-refractivity contribution in [1.29, 1.82) is 5.26 Å². The lowest BCUT2D eigenvalue weighted by molar-refractivity contribution is 0.633. The van der Waals surface area contributed by atoms with Crippen LogP contribution in [-0.2, 0) is 0 Å². The largest absolute Gasteiger partial charge is 0.353 e. The average Bonchev–Trinajstić information content (AvgIpc) is 2.55. The van der Waals surface area contributed by atoms with Gasteiger partial charge in [0.05, 0.1) is 0 Å². The van der Waals surface area contributed by atoms with Crippen molar-refractivity contribution < 1.29 is 0 Å². The molecular weight excluding hydrogens is 264 g/mol. The third-order valence-electron chi connectivity index (χ3n) is 3.52. The highest BCUT2D eigenvalue weighted by atomic mass is 15.3. The first-order valence-corrected chi connectivity index (χ1v) is 6.93. The number of nitriles is 1. The maximum absolute atomic E-state index is 8.92. The van der Waals surface area contributed by atoms with Crippen LogP contribution < -0.4 is 9.80 Å². The van der Waals surface area contributed by atoms with Crippen LogP contribution in [0.5, 0.6) is 0 Å². The van der Waals surface area contributed by atoms with Gasteiger partial charge in [0.2, 0.25) is 5.95 Å². The molecule has 6 heteroatoms. The third kappa shape index (κ3) is 2.92. The SMILES string of the molecule is Cc1ccnc(N2CCN(c3cccc(C#N)n3)CC2)n1. The molecule has 2 aromatic rings. The molecule has 1 aliphatic heterocycles. The van der Waals surface area contributed by atoms with Gasteiger partial charge in [0.1, 0.15) is 17.6 Å². The van der Waals surface area contributed by atoms with Gasteiger partial charge in [0, 0.05) is 38.1 Å². The summed E-state index contributed by atoms with van der Waals surface area (Å²) in [6, 6.07) is 9.52. The van der Waals surface area contributed by atoms with Gasteiger partial charge in [0.15, 0.2) is 0 Å². The molecule has 1 fully saturated rings. The number of nitrogens with zero attached hydrogens (tertiary/aromatic N) is 6. The molecule has 0 amide bonds. The van der Waals surface area contributed by atoms with E-state index in [1.54, 1.807) is 12.3 Å². The Morgan fingerprint density at radius 2 is 1.81 bits per heavy atom. The summed E-state index contributed by atoms with van der Waals surface area (Å²) in [6.07, 6.45) is 1.79. The van der Waals surface area contributed by atoms with Gasteiger partial charge in [-0.15, -0.1) is 0 Å². The Balaban J connectivity index is 1.69. The highest BCUT2D eigenvalue weighted by Gasteiger charge is 2.20. The Bertz CT molecular complexity index is 670. The molecule has 6 nitrogen and oxygen atoms in total. The number of anilines is 2. The fraction of sp³-hybridized carbons (Fsp3) is 0.333. The monoisotopic (exact) mass is 280 g/mol. The van der Waals surface area contributed by atoms with E-state index in [4.69, 9.17) is 5.26 Å². The molecule has 0 saturated carbocycles. The van der Waals surface area contributed by atoms with Crippen LogP contribution in [0.15, 0.2) is 30.5 Å². The first-order valence-electron chi connectivity index (χ1n) is 6.93. The molecule has 1 saturated heterocycles. The minimum absolute atomic E-state index is 0.456. The van der Waals surface area contributed by atoms with Gasteiger partial charge in [-0.2, -0.15) is 5.26 Å². The Morgan fingerprint density at radius 1 is 1.05 bits per heavy atom. The lowest BCUT2D eigenvalue weighted by Crippen LogP contribution is -2.47. The Labute approximate surface area is 123 Å². The summed E-state index contributed by atoms with van der Waals surface area (Å²) >= 11 is 0. The normalized spacial score (nSPS) is 14.9. The predicted molar refractivity (Wildman–Crippen MR) is 80.1 cm³/mol. The molecule has 106 valence electrons. The second-order valence-electron chi connectivity index (χ2n) is 4.96. The van der Waals surface area contributed by atoms with Crippen LogP contribution in [-0.4, -0.2) is 41.1 Å². The van der Waals surface area contributed by atoms with Gasteiger partial charge in [-0.05, 0) is 25.1 Å². The topological polar surface area (TPSA) is 68.9 Å². The van der Waals surface area contributed by atoms with Crippen LogP contribution in [0.4, 0.5) is 11.8 Å². The van der Waals surface area contributed by atoms with Crippen molar-refractivity contribution in [2.24, 2.45) is 0 Å². The van der Waals surface area contributed by atoms with Crippen LogP contribution >= 0.6 is 0 Å². The molecule has 0 unspecified atom stereocenters. The molecular formula is C15H16N6. The molecule has 1 aliphatic rings. The van der Waals surface area contributed by atoms with Crippen LogP contribution in [0.1, 0.15) is 11.4 Å². The van der Waals surface area contributed by atoms with Crippen molar-refractivity contribution in [3.63, 3.8) is 0 Å². The number of aryl methyl sites for hydroxylation is 1. The van der Waals surface area contributed by atoms with Crippen molar-refractivity contribution in [1.82, 2.24) is 15.0 Å². The Kier molecular flexibility index (Phi) is 3.65. The molecule has 3 rings (SSSR count). The lowest BCUT2D eigenvalue weighted by atomic mass is 10.3. The molecule has 3 heterocycles. The predicted octanol–water partition coefficient (Wildman–Crippen LogP) is 1.38. The zero-order chi connectivity index (χ0) is 14.7. The minimum Gasteiger partial charge on any atom is -0.353 e. The molecule has 0 N–H and O–H groups in total. The third-order valence-corrected chi connectivity index (χ3v) is 3.52. The maximum Gasteiger partial charge on any atom is 0.225 e. The number of aromatic nitrogens is 3. The Hall–Kier alpha value is -2.68. The average molecular weight is 280 g/mol. The van der Waals surface area contributed by atoms with E-state index in [1.165, 1.54) is 0 Å². The summed E-state index contributed by atoms with van der Waals surface area (Å²) in [5.41, 5.74) is 1.43. The summed E-state index contributed by atoms with van der Waals surface area (Å²) in [5.74, 6) is 1.65. The minimum atomic E-state index is 0.456. The van der Waals surface area contributed by atoms with Crippen molar-refractivity contribution in [2.75, 3.05) is 36.0 Å². The van der Waals surface area contributed by atoms with Gasteiger partial charge >= 0.3 is 0 Å². The summed E-state index contributed by atoms with van der Waals surface area (Å²) in [5, 5.41) is 8.92. The second-order valence-corrected chi connectivity index (χ2v) is 4.96. The number of piperazine rings is 1. The van der Waals surface area contributed by atoms with Crippen LogP contribution in [0, 0.1) is 18.3 Å². The van der Waals surface area contributed by atoms with Crippen molar-refractivity contribution in [2.45, 2.75) is 6.92 Å². The molecule has 0 atom stereocenters. The van der Waals surface area contributed by atoms with Gasteiger partial charge in [-0.3, -0.25) is 0 Å². The van der Waals surface area contributed by atoms with E-state index in [0.717, 1.165) is 43.6 Å². The van der Waals surface area contributed by atoms with Gasteiger partial charge in [-0.1, -0.05) is 6.07 Å². The standard InChI is InChI=1S/C15H16N6/c1-12-5-6-17-15(18-12)21-9-7-20(8-10-21)14-4-2-3-13(11-16)19-14/h2-6H,7-10H2,1H3. The smallest absolute Gasteiger partial charge is 0.225 e. The summed E-state index contributed by atoms with van der Waals surface area (Å²) in [7, 11) is 0. The number of hydrogen-bond acceptors (Lipinski definition) is 6. The van der Waals surface area contributed by atoms with E-state index in [0.29, 0.717) is 5.69 Å². The molecule has 2 aromatic heterocycles. The van der Waals surface area contributed by atoms with Gasteiger partial charge in [-0.25, -0.2) is 15.0 Å². The molecule has 0 aromatic carbocycles. The van der Waals surface area contributed by atoms with Crippen molar-refractivity contribution in [3.8, 4) is 6.07 Å². The van der Waals surface area contributed by atoms with E-state index in [2.05, 4.69) is 30.8 Å². The van der Waals surface area contributed by atoms with E-state index in [1.807, 2.05) is 25.1 Å². The van der Waals surface area contributed by atoms with Crippen molar-refractivity contribution >= 4 is 11.8 Å². The fourth-order valence-electron chi connectivity index (χ4n) is 2.39. The van der Waals surface area contributed by atoms with E-state index >= 15 is 0 Å². The molecule has 21 heavy (non-hydrogen) atoms. The summed E-state index contributed by atoms with van der Waals surface area (Å²) in [4.78, 5) is 17.5. The lowest BCUT2D eigenvalue weighted by Gasteiger charge is -2.35. The van der Waals surface area contributed by atoms with E-state index in [9.17, 15) is 0 Å².